The van der Waals surface area contributed by atoms with Gasteiger partial charge in [0.2, 0.25) is 0 Å². The van der Waals surface area contributed by atoms with Crippen molar-refractivity contribution < 1.29 is 27.9 Å². The summed E-state index contributed by atoms with van der Waals surface area (Å²) in [6, 6.07) is 20.4. The van der Waals surface area contributed by atoms with Gasteiger partial charge in [-0.05, 0) is 41.3 Å². The van der Waals surface area contributed by atoms with E-state index in [0.717, 1.165) is 4.57 Å². The van der Waals surface area contributed by atoms with E-state index in [0.29, 0.717) is 23.1 Å². The van der Waals surface area contributed by atoms with Gasteiger partial charge in [-0.1, -0.05) is 74.0 Å². The number of alkyl halides is 3. The maximum Gasteiger partial charge on any atom is 0.433 e. The zero-order chi connectivity index (χ0) is 26.7. The van der Waals surface area contributed by atoms with Gasteiger partial charge in [-0.2, -0.15) is 13.2 Å². The first-order valence-electron chi connectivity index (χ1n) is 11.6. The van der Waals surface area contributed by atoms with Crippen molar-refractivity contribution in [1.82, 2.24) is 9.13 Å². The number of imidazole rings is 1. The predicted octanol–water partition coefficient (Wildman–Crippen LogP) is 5.72. The number of hydrogen-bond donors (Lipinski definition) is 1. The first-order valence-corrected chi connectivity index (χ1v) is 11.6. The Hall–Kier alpha value is -4.40. The molecule has 3 aromatic carbocycles. The van der Waals surface area contributed by atoms with Gasteiger partial charge < -0.3 is 5.11 Å². The van der Waals surface area contributed by atoms with Crippen molar-refractivity contribution in [3.05, 3.63) is 117 Å². The van der Waals surface area contributed by atoms with Gasteiger partial charge in [0.05, 0.1) is 17.8 Å². The fourth-order valence-corrected chi connectivity index (χ4v) is 4.32. The van der Waals surface area contributed by atoms with Crippen molar-refractivity contribution in [2.75, 3.05) is 0 Å². The molecule has 4 aromatic rings. The van der Waals surface area contributed by atoms with E-state index in [-0.39, 0.29) is 34.4 Å². The van der Waals surface area contributed by atoms with Gasteiger partial charge in [0, 0.05) is 5.56 Å². The predicted molar refractivity (Wildman–Crippen MR) is 132 cm³/mol. The molecule has 1 heterocycles. The lowest BCUT2D eigenvalue weighted by Crippen LogP contribution is -2.32. The van der Waals surface area contributed by atoms with Crippen LogP contribution in [0.5, 0.6) is 0 Å². The van der Waals surface area contributed by atoms with Crippen LogP contribution in [0.1, 0.15) is 51.0 Å². The fourth-order valence-electron chi connectivity index (χ4n) is 4.32. The van der Waals surface area contributed by atoms with Gasteiger partial charge in [0.15, 0.2) is 5.69 Å². The average Bonchev–Trinajstić information content (AvgIpc) is 3.16. The van der Waals surface area contributed by atoms with Crippen molar-refractivity contribution in [1.29, 1.82) is 0 Å². The largest absolute Gasteiger partial charge is 0.478 e. The molecule has 0 atom stereocenters. The maximum absolute atomic E-state index is 14.2. The van der Waals surface area contributed by atoms with Gasteiger partial charge in [-0.3, -0.25) is 9.36 Å². The van der Waals surface area contributed by atoms with Crippen LogP contribution < -0.4 is 5.69 Å². The third kappa shape index (κ3) is 5.11. The molecule has 0 aliphatic carbocycles. The zero-order valence-electron chi connectivity index (χ0n) is 19.8. The van der Waals surface area contributed by atoms with Crippen molar-refractivity contribution in [3.8, 4) is 11.1 Å². The second-order valence-corrected chi connectivity index (χ2v) is 8.47. The Labute approximate surface area is 210 Å². The Bertz CT molecular complexity index is 1500. The number of carboxylic acid groups (broad SMARTS) is 1. The minimum absolute atomic E-state index is 0.0308. The van der Waals surface area contributed by atoms with Gasteiger partial charge in [0.1, 0.15) is 0 Å². The van der Waals surface area contributed by atoms with Crippen LogP contribution in [0, 0.1) is 0 Å². The van der Waals surface area contributed by atoms with Crippen molar-refractivity contribution in [2.24, 2.45) is 0 Å². The second-order valence-electron chi connectivity index (χ2n) is 8.47. The number of rotatable bonds is 7. The fraction of sp³-hybridized carbons (Fsp3) is 0.179. The second kappa shape index (κ2) is 10.3. The molecule has 9 heteroatoms. The number of carbonyl (C=O) groups is 2. The number of nitrogens with zero attached hydrogens (tertiary/aromatic N) is 2. The lowest BCUT2D eigenvalue weighted by atomic mass is 9.99. The molecule has 0 radical (unpaired) electrons. The Morgan fingerprint density at radius 2 is 1.51 bits per heavy atom. The smallest absolute Gasteiger partial charge is 0.433 e. The number of aromatic nitrogens is 2. The van der Waals surface area contributed by atoms with E-state index in [1.165, 1.54) is 30.3 Å². The summed E-state index contributed by atoms with van der Waals surface area (Å²) in [5.74, 6) is -2.13. The summed E-state index contributed by atoms with van der Waals surface area (Å²) in [5, 5.41) is 9.45. The van der Waals surface area contributed by atoms with Crippen molar-refractivity contribution in [2.45, 2.75) is 32.5 Å². The highest BCUT2D eigenvalue weighted by Gasteiger charge is 2.42. The molecular weight excluding hydrogens is 485 g/mol. The van der Waals surface area contributed by atoms with Crippen LogP contribution in [0.15, 0.2) is 83.7 Å². The third-order valence-electron chi connectivity index (χ3n) is 5.99. The number of carboxylic acids is 1. The molecule has 0 amide bonds. The summed E-state index contributed by atoms with van der Waals surface area (Å²) in [7, 11) is 0. The number of aromatic carboxylic acids is 1. The van der Waals surface area contributed by atoms with Crippen LogP contribution in [0.2, 0.25) is 0 Å². The molecule has 4 rings (SSSR count). The Morgan fingerprint density at radius 3 is 2.11 bits per heavy atom. The lowest BCUT2D eigenvalue weighted by molar-refractivity contribution is -0.143. The van der Waals surface area contributed by atoms with Crippen molar-refractivity contribution >= 4 is 11.9 Å². The van der Waals surface area contributed by atoms with E-state index in [1.807, 2.05) is 0 Å². The summed E-state index contributed by atoms with van der Waals surface area (Å²) in [4.78, 5) is 37.9. The summed E-state index contributed by atoms with van der Waals surface area (Å²) >= 11 is 0. The summed E-state index contributed by atoms with van der Waals surface area (Å²) < 4.78 is 43.8. The highest BCUT2D eigenvalue weighted by atomic mass is 19.4. The Morgan fingerprint density at radius 1 is 0.892 bits per heavy atom. The number of halogens is 3. The van der Waals surface area contributed by atoms with E-state index in [4.69, 9.17) is 0 Å². The topological polar surface area (TPSA) is 81.3 Å². The SMILES string of the molecule is CCCc1c(C(F)(F)F)n(C(=O)c2ccccc2)c(=O)n1Cc1ccc(-c2ccccc2C(=O)O)cc1. The minimum atomic E-state index is -4.93. The van der Waals surface area contributed by atoms with Gasteiger partial charge in [-0.25, -0.2) is 14.2 Å². The standard InChI is InChI=1S/C28H23F3N2O4/c1-2-8-23-24(28(29,30)31)33(25(34)20-9-4-3-5-10-20)27(37)32(23)17-18-13-15-19(16-14-18)21-11-6-7-12-22(21)26(35)36/h3-7,9-16H,2,8,17H2,1H3,(H,35,36). The summed E-state index contributed by atoms with van der Waals surface area (Å²) in [5.41, 5.74) is -0.886. The number of benzene rings is 3. The molecule has 0 unspecified atom stereocenters. The van der Waals surface area contributed by atoms with Crippen LogP contribution in [0.4, 0.5) is 13.2 Å². The van der Waals surface area contributed by atoms with Crippen LogP contribution in [0.3, 0.4) is 0 Å². The molecule has 1 aromatic heterocycles. The van der Waals surface area contributed by atoms with Crippen LogP contribution >= 0.6 is 0 Å². The average molecular weight is 508 g/mol. The number of hydrogen-bond acceptors (Lipinski definition) is 3. The summed E-state index contributed by atoms with van der Waals surface area (Å²) in [6.07, 6.45) is -4.65. The first-order chi connectivity index (χ1) is 17.6. The molecule has 0 bridgehead atoms. The molecule has 0 saturated heterocycles. The molecule has 0 aliphatic rings. The number of carbonyl (C=O) groups excluding carboxylic acids is 1. The lowest BCUT2D eigenvalue weighted by Gasteiger charge is -2.13. The van der Waals surface area contributed by atoms with Crippen molar-refractivity contribution in [3.63, 3.8) is 0 Å². The molecule has 190 valence electrons. The Kier molecular flexibility index (Phi) is 7.15. The summed E-state index contributed by atoms with van der Waals surface area (Å²) in [6.45, 7) is 1.51. The molecule has 0 saturated carbocycles. The first kappa shape index (κ1) is 25.7. The third-order valence-corrected chi connectivity index (χ3v) is 5.99. The van der Waals surface area contributed by atoms with Crippen LogP contribution in [-0.4, -0.2) is 26.1 Å². The molecule has 37 heavy (non-hydrogen) atoms. The highest BCUT2D eigenvalue weighted by molar-refractivity contribution is 5.97. The van der Waals surface area contributed by atoms with E-state index in [2.05, 4.69) is 0 Å². The molecular formula is C28H23F3N2O4. The molecule has 0 aliphatic heterocycles. The molecule has 6 nitrogen and oxygen atoms in total. The zero-order valence-corrected chi connectivity index (χ0v) is 19.8. The molecule has 0 spiro atoms. The normalized spacial score (nSPS) is 11.5. The van der Waals surface area contributed by atoms with Gasteiger partial charge in [-0.15, -0.1) is 0 Å². The molecule has 1 N–H and O–H groups in total. The van der Waals surface area contributed by atoms with E-state index in [1.54, 1.807) is 55.5 Å². The minimum Gasteiger partial charge on any atom is -0.478 e. The Balaban J connectivity index is 1.80. The van der Waals surface area contributed by atoms with Gasteiger partial charge >= 0.3 is 17.8 Å². The highest BCUT2D eigenvalue weighted by Crippen LogP contribution is 2.33. The van der Waals surface area contributed by atoms with Gasteiger partial charge in [0.25, 0.3) is 5.91 Å². The quantitative estimate of drug-likeness (QED) is 0.346. The maximum atomic E-state index is 14.2. The van der Waals surface area contributed by atoms with E-state index < -0.39 is 29.4 Å². The van der Waals surface area contributed by atoms with Crippen LogP contribution in [0.25, 0.3) is 11.1 Å². The van der Waals surface area contributed by atoms with E-state index >= 15 is 0 Å². The monoisotopic (exact) mass is 508 g/mol. The van der Waals surface area contributed by atoms with Crippen LogP contribution in [-0.2, 0) is 19.1 Å². The molecule has 0 fully saturated rings. The van der Waals surface area contributed by atoms with E-state index in [9.17, 15) is 32.7 Å².